The molecule has 102 valence electrons. The number of benzene rings is 2. The third-order valence-electron chi connectivity index (χ3n) is 2.93. The van der Waals surface area contributed by atoms with Gasteiger partial charge in [-0.1, -0.05) is 12.1 Å². The first-order valence-electron chi connectivity index (χ1n) is 6.18. The molecule has 3 rings (SSSR count). The second kappa shape index (κ2) is 5.46. The van der Waals surface area contributed by atoms with Crippen molar-refractivity contribution in [3.05, 3.63) is 53.3 Å². The molecule has 0 aliphatic carbocycles. The van der Waals surface area contributed by atoms with Crippen LogP contribution in [0.5, 0.6) is 5.75 Å². The largest absolute Gasteiger partial charge is 0.494 e. The minimum atomic E-state index is -0.313. The molecular formula is C15H13FN2OS. The minimum Gasteiger partial charge on any atom is -0.494 e. The van der Waals surface area contributed by atoms with Crippen molar-refractivity contribution >= 4 is 27.2 Å². The van der Waals surface area contributed by atoms with Gasteiger partial charge in [0.05, 0.1) is 29.6 Å². The summed E-state index contributed by atoms with van der Waals surface area (Å²) in [5.41, 5.74) is 1.76. The highest BCUT2D eigenvalue weighted by molar-refractivity contribution is 7.18. The van der Waals surface area contributed by atoms with Gasteiger partial charge in [-0.15, -0.1) is 11.3 Å². The van der Waals surface area contributed by atoms with Crippen molar-refractivity contribution in [3.8, 4) is 5.75 Å². The first-order chi connectivity index (χ1) is 9.76. The van der Waals surface area contributed by atoms with Crippen molar-refractivity contribution in [1.29, 1.82) is 0 Å². The van der Waals surface area contributed by atoms with E-state index < -0.39 is 0 Å². The summed E-state index contributed by atoms with van der Waals surface area (Å²) in [6, 6.07) is 12.5. The van der Waals surface area contributed by atoms with Gasteiger partial charge in [-0.05, 0) is 24.3 Å². The zero-order valence-electron chi connectivity index (χ0n) is 10.9. The van der Waals surface area contributed by atoms with E-state index in [2.05, 4.69) is 16.4 Å². The van der Waals surface area contributed by atoms with E-state index in [-0.39, 0.29) is 5.82 Å². The number of nitrogens with one attached hydrogen (secondary N) is 1. The zero-order chi connectivity index (χ0) is 13.9. The average molecular weight is 288 g/mol. The molecule has 20 heavy (non-hydrogen) atoms. The Labute approximate surface area is 120 Å². The molecule has 0 spiro atoms. The Hall–Kier alpha value is -2.14. The van der Waals surface area contributed by atoms with E-state index in [4.69, 9.17) is 4.74 Å². The molecule has 1 N–H and O–H groups in total. The molecule has 1 heterocycles. The van der Waals surface area contributed by atoms with Gasteiger partial charge < -0.3 is 10.1 Å². The van der Waals surface area contributed by atoms with Gasteiger partial charge in [-0.3, -0.25) is 0 Å². The quantitative estimate of drug-likeness (QED) is 0.786. The van der Waals surface area contributed by atoms with Crippen LogP contribution in [0, 0.1) is 5.82 Å². The van der Waals surface area contributed by atoms with Crippen LogP contribution in [0.4, 0.5) is 10.1 Å². The van der Waals surface area contributed by atoms with E-state index in [9.17, 15) is 4.39 Å². The molecule has 0 aliphatic rings. The summed E-state index contributed by atoms with van der Waals surface area (Å²) in [4.78, 5) is 4.54. The Kier molecular flexibility index (Phi) is 3.52. The second-order valence-corrected chi connectivity index (χ2v) is 5.39. The first kappa shape index (κ1) is 12.9. The number of hydrogen-bond donors (Lipinski definition) is 1. The third kappa shape index (κ3) is 2.58. The molecule has 0 bridgehead atoms. The maximum atomic E-state index is 13.1. The fraction of sp³-hybridized carbons (Fsp3) is 0.133. The van der Waals surface area contributed by atoms with Crippen LogP contribution in [-0.2, 0) is 6.54 Å². The van der Waals surface area contributed by atoms with Gasteiger partial charge in [0.1, 0.15) is 16.6 Å². The van der Waals surface area contributed by atoms with Gasteiger partial charge in [0.2, 0.25) is 0 Å². The van der Waals surface area contributed by atoms with E-state index in [1.165, 1.54) is 19.2 Å². The maximum Gasteiger partial charge on any atom is 0.144 e. The molecule has 0 atom stereocenters. The van der Waals surface area contributed by atoms with Crippen molar-refractivity contribution in [2.24, 2.45) is 0 Å². The van der Waals surface area contributed by atoms with Crippen LogP contribution in [0.25, 0.3) is 10.2 Å². The summed E-state index contributed by atoms with van der Waals surface area (Å²) in [7, 11) is 1.53. The molecule has 3 nitrogen and oxygen atoms in total. The highest BCUT2D eigenvalue weighted by atomic mass is 32.1. The first-order valence-corrected chi connectivity index (χ1v) is 7.00. The fourth-order valence-corrected chi connectivity index (χ4v) is 2.88. The molecule has 3 aromatic rings. The number of nitrogens with zero attached hydrogens (tertiary/aromatic N) is 1. The van der Waals surface area contributed by atoms with Crippen molar-refractivity contribution < 1.29 is 9.13 Å². The highest BCUT2D eigenvalue weighted by Gasteiger charge is 2.06. The van der Waals surface area contributed by atoms with Crippen molar-refractivity contribution in [1.82, 2.24) is 4.98 Å². The summed E-state index contributed by atoms with van der Waals surface area (Å²) in [5, 5.41) is 4.21. The Bertz CT molecular complexity index is 709. The Morgan fingerprint density at radius 2 is 2.10 bits per heavy atom. The van der Waals surface area contributed by atoms with Crippen LogP contribution in [0.2, 0.25) is 0 Å². The van der Waals surface area contributed by atoms with Crippen molar-refractivity contribution in [3.63, 3.8) is 0 Å². The molecule has 1 aromatic heterocycles. The molecule has 0 saturated carbocycles. The normalized spacial score (nSPS) is 10.7. The van der Waals surface area contributed by atoms with Crippen LogP contribution >= 0.6 is 11.3 Å². The molecule has 0 aliphatic heterocycles. The standard InChI is InChI=1S/C15H13FN2OS/c1-19-13-8-10(16)6-7-11(13)17-9-15-18-12-4-2-3-5-14(12)20-15/h2-8,17H,9H2,1H3. The van der Waals surface area contributed by atoms with Crippen LogP contribution < -0.4 is 10.1 Å². The summed E-state index contributed by atoms with van der Waals surface area (Å²) in [6.07, 6.45) is 0. The number of hydrogen-bond acceptors (Lipinski definition) is 4. The number of anilines is 1. The van der Waals surface area contributed by atoms with Gasteiger partial charge in [0.25, 0.3) is 0 Å². The van der Waals surface area contributed by atoms with Gasteiger partial charge in [-0.25, -0.2) is 9.37 Å². The SMILES string of the molecule is COc1cc(F)ccc1NCc1nc2ccccc2s1. The number of aromatic nitrogens is 1. The van der Waals surface area contributed by atoms with Gasteiger partial charge >= 0.3 is 0 Å². The van der Waals surface area contributed by atoms with Crippen molar-refractivity contribution in [2.45, 2.75) is 6.54 Å². The van der Waals surface area contributed by atoms with E-state index in [1.54, 1.807) is 17.4 Å². The lowest BCUT2D eigenvalue weighted by molar-refractivity contribution is 0.413. The van der Waals surface area contributed by atoms with Crippen LogP contribution in [0.15, 0.2) is 42.5 Å². The number of halogens is 1. The smallest absolute Gasteiger partial charge is 0.144 e. The lowest BCUT2D eigenvalue weighted by Crippen LogP contribution is -2.01. The Morgan fingerprint density at radius 3 is 2.90 bits per heavy atom. The predicted octanol–water partition coefficient (Wildman–Crippen LogP) is 4.06. The summed E-state index contributed by atoms with van der Waals surface area (Å²) in [5.74, 6) is 0.179. The number of para-hydroxylation sites is 1. The Balaban J connectivity index is 1.79. The Morgan fingerprint density at radius 1 is 1.25 bits per heavy atom. The third-order valence-corrected chi connectivity index (χ3v) is 3.97. The topological polar surface area (TPSA) is 34.1 Å². The van der Waals surface area contributed by atoms with Gasteiger partial charge in [0.15, 0.2) is 0 Å². The minimum absolute atomic E-state index is 0.313. The molecular weight excluding hydrogens is 275 g/mol. The summed E-state index contributed by atoms with van der Waals surface area (Å²) >= 11 is 1.64. The lowest BCUT2D eigenvalue weighted by Gasteiger charge is -2.09. The number of ether oxygens (including phenoxy) is 1. The average Bonchev–Trinajstić information content (AvgIpc) is 2.88. The van der Waals surface area contributed by atoms with E-state index >= 15 is 0 Å². The number of thiazole rings is 1. The van der Waals surface area contributed by atoms with Crippen molar-refractivity contribution in [2.75, 3.05) is 12.4 Å². The van der Waals surface area contributed by atoms with E-state index in [0.717, 1.165) is 20.9 Å². The van der Waals surface area contributed by atoms with E-state index in [0.29, 0.717) is 12.3 Å². The summed E-state index contributed by atoms with van der Waals surface area (Å²) in [6.45, 7) is 0.585. The predicted molar refractivity (Wildman–Crippen MR) is 79.9 cm³/mol. The molecule has 0 fully saturated rings. The number of fused-ring (bicyclic) bond motifs is 1. The van der Waals surface area contributed by atoms with Crippen LogP contribution in [0.1, 0.15) is 5.01 Å². The molecule has 0 radical (unpaired) electrons. The molecule has 2 aromatic carbocycles. The number of rotatable bonds is 4. The fourth-order valence-electron chi connectivity index (χ4n) is 1.98. The molecule has 0 saturated heterocycles. The monoisotopic (exact) mass is 288 g/mol. The van der Waals surface area contributed by atoms with Gasteiger partial charge in [-0.2, -0.15) is 0 Å². The highest BCUT2D eigenvalue weighted by Crippen LogP contribution is 2.27. The van der Waals surface area contributed by atoms with Gasteiger partial charge in [0, 0.05) is 6.07 Å². The second-order valence-electron chi connectivity index (χ2n) is 4.27. The summed E-state index contributed by atoms with van der Waals surface area (Å²) < 4.78 is 19.4. The van der Waals surface area contributed by atoms with Crippen LogP contribution in [0.3, 0.4) is 0 Å². The molecule has 0 amide bonds. The molecule has 0 unspecified atom stereocenters. The van der Waals surface area contributed by atoms with E-state index in [1.807, 2.05) is 18.2 Å². The van der Waals surface area contributed by atoms with Crippen LogP contribution in [-0.4, -0.2) is 12.1 Å². The number of methoxy groups -OCH3 is 1. The lowest BCUT2D eigenvalue weighted by atomic mass is 10.3. The molecule has 5 heteroatoms. The maximum absolute atomic E-state index is 13.1. The zero-order valence-corrected chi connectivity index (χ0v) is 11.7.